The Kier molecular flexibility index (Phi) is 5.55. The quantitative estimate of drug-likeness (QED) is 0.873. The van der Waals surface area contributed by atoms with Crippen molar-refractivity contribution in [2.24, 2.45) is 5.14 Å². The zero-order valence-electron chi connectivity index (χ0n) is 13.8. The van der Waals surface area contributed by atoms with Gasteiger partial charge in [-0.05, 0) is 43.3 Å². The molecule has 1 atom stereocenters. The molecule has 2 rings (SSSR count). The molecule has 0 aliphatic rings. The zero-order valence-corrected chi connectivity index (χ0v) is 14.6. The molecule has 0 unspecified atom stereocenters. The summed E-state index contributed by atoms with van der Waals surface area (Å²) in [5.41, 5.74) is 0.704. The third-order valence-corrected chi connectivity index (χ3v) is 4.97. The van der Waals surface area contributed by atoms with Crippen LogP contribution in [0.3, 0.4) is 0 Å². The molecule has 25 heavy (non-hydrogen) atoms. The molecule has 0 fully saturated rings. The third kappa shape index (κ3) is 5.04. The molecule has 0 spiro atoms. The van der Waals surface area contributed by atoms with Gasteiger partial charge in [-0.2, -0.15) is 13.2 Å². The van der Waals surface area contributed by atoms with Crippen molar-refractivity contribution >= 4 is 10.0 Å². The standard InChI is InChI=1S/C17H19F3N2O2S/c1-12(14-6-8-16(9-7-14)25(21,23)24)22(2)11-13-4-3-5-15(10-13)17(18,19)20/h3-10,12H,11H2,1-2H3,(H2,21,23,24)/t12-/m1/s1. The Morgan fingerprint density at radius 1 is 1.12 bits per heavy atom. The Bertz CT molecular complexity index is 834. The first kappa shape index (κ1) is 19.4. The second kappa shape index (κ2) is 7.15. The van der Waals surface area contributed by atoms with Crippen LogP contribution in [0.5, 0.6) is 0 Å². The van der Waals surface area contributed by atoms with E-state index < -0.39 is 21.8 Å². The number of benzene rings is 2. The summed E-state index contributed by atoms with van der Waals surface area (Å²) >= 11 is 0. The van der Waals surface area contributed by atoms with Crippen LogP contribution in [-0.4, -0.2) is 20.4 Å². The largest absolute Gasteiger partial charge is 0.416 e. The van der Waals surface area contributed by atoms with E-state index in [2.05, 4.69) is 0 Å². The highest BCUT2D eigenvalue weighted by Gasteiger charge is 2.30. The number of hydrogen-bond donors (Lipinski definition) is 1. The molecule has 0 bridgehead atoms. The molecule has 4 nitrogen and oxygen atoms in total. The van der Waals surface area contributed by atoms with E-state index in [1.165, 1.54) is 18.2 Å². The Morgan fingerprint density at radius 2 is 1.72 bits per heavy atom. The average Bonchev–Trinajstić information content (AvgIpc) is 2.53. The Balaban J connectivity index is 2.14. The van der Waals surface area contributed by atoms with Gasteiger partial charge < -0.3 is 0 Å². The molecule has 0 saturated heterocycles. The molecular weight excluding hydrogens is 353 g/mol. The minimum atomic E-state index is -4.37. The second-order valence-electron chi connectivity index (χ2n) is 5.90. The normalized spacial score (nSPS) is 13.9. The van der Waals surface area contributed by atoms with E-state index in [-0.39, 0.29) is 10.9 Å². The van der Waals surface area contributed by atoms with Crippen molar-refractivity contribution in [2.75, 3.05) is 7.05 Å². The first-order valence-corrected chi connectivity index (χ1v) is 9.02. The van der Waals surface area contributed by atoms with E-state index in [4.69, 9.17) is 5.14 Å². The number of primary sulfonamides is 1. The Morgan fingerprint density at radius 3 is 2.24 bits per heavy atom. The Labute approximate surface area is 145 Å². The van der Waals surface area contributed by atoms with E-state index in [1.54, 1.807) is 25.2 Å². The van der Waals surface area contributed by atoms with Crippen molar-refractivity contribution in [1.29, 1.82) is 0 Å². The van der Waals surface area contributed by atoms with Gasteiger partial charge in [-0.3, -0.25) is 4.90 Å². The lowest BCUT2D eigenvalue weighted by Gasteiger charge is -2.25. The first-order chi connectivity index (χ1) is 11.5. The lowest BCUT2D eigenvalue weighted by molar-refractivity contribution is -0.137. The number of alkyl halides is 3. The fourth-order valence-corrected chi connectivity index (χ4v) is 2.98. The highest BCUT2D eigenvalue weighted by molar-refractivity contribution is 7.89. The summed E-state index contributed by atoms with van der Waals surface area (Å²) < 4.78 is 60.9. The van der Waals surface area contributed by atoms with E-state index in [0.29, 0.717) is 12.1 Å². The van der Waals surface area contributed by atoms with Gasteiger partial charge in [0.05, 0.1) is 10.5 Å². The van der Waals surface area contributed by atoms with Crippen LogP contribution in [0.4, 0.5) is 13.2 Å². The van der Waals surface area contributed by atoms with Gasteiger partial charge in [0.25, 0.3) is 0 Å². The molecule has 2 N–H and O–H groups in total. The van der Waals surface area contributed by atoms with Crippen LogP contribution in [0.1, 0.15) is 29.7 Å². The van der Waals surface area contributed by atoms with Crippen molar-refractivity contribution in [3.05, 3.63) is 65.2 Å². The zero-order chi connectivity index (χ0) is 18.8. The van der Waals surface area contributed by atoms with Crippen LogP contribution in [0.15, 0.2) is 53.4 Å². The van der Waals surface area contributed by atoms with Gasteiger partial charge in [-0.1, -0.05) is 30.3 Å². The fourth-order valence-electron chi connectivity index (χ4n) is 2.46. The molecule has 0 aromatic heterocycles. The van der Waals surface area contributed by atoms with Crippen molar-refractivity contribution < 1.29 is 21.6 Å². The summed E-state index contributed by atoms with van der Waals surface area (Å²) in [6, 6.07) is 11.2. The van der Waals surface area contributed by atoms with Gasteiger partial charge in [0.2, 0.25) is 10.0 Å². The number of sulfonamides is 1. The maximum atomic E-state index is 12.8. The lowest BCUT2D eigenvalue weighted by Crippen LogP contribution is -2.22. The predicted molar refractivity (Wildman–Crippen MR) is 89.1 cm³/mol. The summed E-state index contributed by atoms with van der Waals surface area (Å²) in [6.07, 6.45) is -4.37. The van der Waals surface area contributed by atoms with Crippen molar-refractivity contribution in [1.82, 2.24) is 4.90 Å². The van der Waals surface area contributed by atoms with Crippen LogP contribution < -0.4 is 5.14 Å². The molecule has 0 radical (unpaired) electrons. The third-order valence-electron chi connectivity index (χ3n) is 4.04. The van der Waals surface area contributed by atoms with Crippen LogP contribution >= 0.6 is 0 Å². The summed E-state index contributed by atoms with van der Waals surface area (Å²) in [5.74, 6) is 0. The van der Waals surface area contributed by atoms with E-state index in [0.717, 1.165) is 17.7 Å². The molecule has 0 saturated carbocycles. The topological polar surface area (TPSA) is 63.4 Å². The van der Waals surface area contributed by atoms with E-state index in [1.807, 2.05) is 11.8 Å². The molecule has 2 aromatic rings. The summed E-state index contributed by atoms with van der Waals surface area (Å²) in [7, 11) is -1.96. The van der Waals surface area contributed by atoms with Crippen LogP contribution in [0, 0.1) is 0 Å². The monoisotopic (exact) mass is 372 g/mol. The van der Waals surface area contributed by atoms with Gasteiger partial charge >= 0.3 is 6.18 Å². The lowest BCUT2D eigenvalue weighted by atomic mass is 10.1. The molecule has 2 aromatic carbocycles. The average molecular weight is 372 g/mol. The molecule has 0 aliphatic heterocycles. The number of rotatable bonds is 5. The number of halogens is 3. The van der Waals surface area contributed by atoms with Crippen molar-refractivity contribution in [3.8, 4) is 0 Å². The molecular formula is C17H19F3N2O2S. The number of hydrogen-bond acceptors (Lipinski definition) is 3. The first-order valence-electron chi connectivity index (χ1n) is 7.47. The fraction of sp³-hybridized carbons (Fsp3) is 0.294. The SMILES string of the molecule is C[C@H](c1ccc(S(N)(=O)=O)cc1)N(C)Cc1cccc(C(F)(F)F)c1. The molecule has 0 heterocycles. The maximum absolute atomic E-state index is 12.8. The van der Waals surface area contributed by atoms with Gasteiger partial charge in [0, 0.05) is 12.6 Å². The van der Waals surface area contributed by atoms with E-state index in [9.17, 15) is 21.6 Å². The van der Waals surface area contributed by atoms with Crippen LogP contribution in [0.25, 0.3) is 0 Å². The van der Waals surface area contributed by atoms with Gasteiger partial charge in [-0.25, -0.2) is 13.6 Å². The highest BCUT2D eigenvalue weighted by Crippen LogP contribution is 2.30. The maximum Gasteiger partial charge on any atom is 0.416 e. The van der Waals surface area contributed by atoms with Gasteiger partial charge in [-0.15, -0.1) is 0 Å². The predicted octanol–water partition coefficient (Wildman–Crippen LogP) is 3.55. The molecule has 136 valence electrons. The summed E-state index contributed by atoms with van der Waals surface area (Å²) in [4.78, 5) is 1.89. The van der Waals surface area contributed by atoms with E-state index >= 15 is 0 Å². The van der Waals surface area contributed by atoms with Gasteiger partial charge in [0.1, 0.15) is 0 Å². The molecule has 0 aliphatic carbocycles. The second-order valence-corrected chi connectivity index (χ2v) is 7.46. The Hall–Kier alpha value is -1.90. The minimum Gasteiger partial charge on any atom is -0.295 e. The minimum absolute atomic E-state index is 0.0176. The van der Waals surface area contributed by atoms with Gasteiger partial charge in [0.15, 0.2) is 0 Å². The molecule has 8 heteroatoms. The van der Waals surface area contributed by atoms with Crippen molar-refractivity contribution in [3.63, 3.8) is 0 Å². The number of nitrogens with zero attached hydrogens (tertiary/aromatic N) is 1. The summed E-state index contributed by atoms with van der Waals surface area (Å²) in [6.45, 7) is 2.21. The summed E-state index contributed by atoms with van der Waals surface area (Å²) in [5, 5.41) is 5.06. The molecule has 0 amide bonds. The van der Waals surface area contributed by atoms with Crippen molar-refractivity contribution in [2.45, 2.75) is 30.6 Å². The van der Waals surface area contributed by atoms with Crippen LogP contribution in [0.2, 0.25) is 0 Å². The van der Waals surface area contributed by atoms with Crippen LogP contribution in [-0.2, 0) is 22.7 Å². The smallest absolute Gasteiger partial charge is 0.295 e. The highest BCUT2D eigenvalue weighted by atomic mass is 32.2. The number of nitrogens with two attached hydrogens (primary N) is 1.